The molecule has 2 aromatic heterocycles. The second kappa shape index (κ2) is 8.82. The summed E-state index contributed by atoms with van der Waals surface area (Å²) < 4.78 is 5.38. The molecule has 2 aliphatic carbocycles. The lowest BCUT2D eigenvalue weighted by molar-refractivity contribution is -0.124. The molecule has 1 fully saturated rings. The van der Waals surface area contributed by atoms with Crippen molar-refractivity contribution in [2.45, 2.75) is 50.1 Å². The Labute approximate surface area is 197 Å². The molecule has 0 saturated heterocycles. The number of nitrogens with one attached hydrogen (secondary N) is 3. The SMILES string of the molecule is COc1cccc2[nH]c(C(=O)N[C@@H](CC3CC3)C(=O)N[C@@]3(C#N)CCc4cccnc4C3)cc12. The van der Waals surface area contributed by atoms with Gasteiger partial charge in [-0.3, -0.25) is 14.6 Å². The highest BCUT2D eigenvalue weighted by atomic mass is 16.5. The average molecular weight is 458 g/mol. The van der Waals surface area contributed by atoms with Gasteiger partial charge >= 0.3 is 0 Å². The van der Waals surface area contributed by atoms with Crippen LogP contribution < -0.4 is 15.4 Å². The molecule has 0 aliphatic heterocycles. The summed E-state index contributed by atoms with van der Waals surface area (Å²) >= 11 is 0. The molecule has 174 valence electrons. The Kier molecular flexibility index (Phi) is 5.70. The smallest absolute Gasteiger partial charge is 0.268 e. The second-order valence-corrected chi connectivity index (χ2v) is 9.28. The van der Waals surface area contributed by atoms with Crippen LogP contribution in [0.2, 0.25) is 0 Å². The predicted molar refractivity (Wildman–Crippen MR) is 126 cm³/mol. The third-order valence-electron chi connectivity index (χ3n) is 6.83. The zero-order valence-corrected chi connectivity index (χ0v) is 19.1. The molecule has 0 unspecified atom stereocenters. The number of ether oxygens (including phenoxy) is 1. The number of nitrogens with zero attached hydrogens (tertiary/aromatic N) is 2. The minimum absolute atomic E-state index is 0.324. The molecule has 0 radical (unpaired) electrons. The number of aryl methyl sites for hydroxylation is 1. The Morgan fingerprint density at radius 1 is 1.32 bits per heavy atom. The highest BCUT2D eigenvalue weighted by Crippen LogP contribution is 2.34. The van der Waals surface area contributed by atoms with Crippen LogP contribution in [0, 0.1) is 17.2 Å². The molecule has 8 nitrogen and oxygen atoms in total. The van der Waals surface area contributed by atoms with Crippen LogP contribution in [0.25, 0.3) is 10.9 Å². The fraction of sp³-hybridized carbons (Fsp3) is 0.385. The van der Waals surface area contributed by atoms with E-state index in [1.165, 1.54) is 0 Å². The van der Waals surface area contributed by atoms with Gasteiger partial charge in [0.15, 0.2) is 0 Å². The van der Waals surface area contributed by atoms with Gasteiger partial charge in [0.2, 0.25) is 5.91 Å². The van der Waals surface area contributed by atoms with E-state index in [-0.39, 0.29) is 11.8 Å². The highest BCUT2D eigenvalue weighted by molar-refractivity contribution is 6.01. The van der Waals surface area contributed by atoms with Gasteiger partial charge in [-0.25, -0.2) is 0 Å². The molecule has 2 atom stereocenters. The standard InChI is InChI=1S/C26H27N5O3/c1-34-23-6-2-5-19-18(23)13-21(29-19)24(32)30-20(12-16-7-8-16)25(33)31-26(15-27)10-9-17-4-3-11-28-22(17)14-26/h2-6,11,13,16,20,29H,7-10,12,14H2,1H3,(H,30,32)(H,31,33)/t20-,26-/m0/s1. The van der Waals surface area contributed by atoms with E-state index in [9.17, 15) is 14.9 Å². The number of benzene rings is 1. The molecule has 34 heavy (non-hydrogen) atoms. The van der Waals surface area contributed by atoms with E-state index in [0.29, 0.717) is 43.0 Å². The summed E-state index contributed by atoms with van der Waals surface area (Å²) in [5, 5.41) is 16.7. The maximum Gasteiger partial charge on any atom is 0.268 e. The van der Waals surface area contributed by atoms with Crippen LogP contribution in [-0.4, -0.2) is 40.5 Å². The van der Waals surface area contributed by atoms with Gasteiger partial charge in [-0.05, 0) is 55.0 Å². The van der Waals surface area contributed by atoms with Crippen molar-refractivity contribution >= 4 is 22.7 Å². The van der Waals surface area contributed by atoms with Crippen molar-refractivity contribution in [1.82, 2.24) is 20.6 Å². The number of aromatic nitrogens is 2. The van der Waals surface area contributed by atoms with Crippen molar-refractivity contribution in [1.29, 1.82) is 5.26 Å². The van der Waals surface area contributed by atoms with Gasteiger partial charge in [-0.15, -0.1) is 0 Å². The maximum atomic E-state index is 13.4. The summed E-state index contributed by atoms with van der Waals surface area (Å²) in [5.41, 5.74) is 2.06. The third-order valence-corrected chi connectivity index (χ3v) is 6.83. The molecule has 2 aliphatic rings. The third kappa shape index (κ3) is 4.34. The minimum atomic E-state index is -1.03. The number of amides is 2. The van der Waals surface area contributed by atoms with Crippen molar-refractivity contribution in [3.8, 4) is 11.8 Å². The molecule has 2 amide bonds. The predicted octanol–water partition coefficient (Wildman–Crippen LogP) is 3.04. The normalized spacial score (nSPS) is 20.1. The minimum Gasteiger partial charge on any atom is -0.496 e. The lowest BCUT2D eigenvalue weighted by atomic mass is 9.81. The molecule has 3 N–H and O–H groups in total. The fourth-order valence-electron chi connectivity index (χ4n) is 4.72. The summed E-state index contributed by atoms with van der Waals surface area (Å²) in [6, 6.07) is 12.8. The van der Waals surface area contributed by atoms with Crippen molar-refractivity contribution < 1.29 is 14.3 Å². The van der Waals surface area contributed by atoms with Crippen LogP contribution in [0.15, 0.2) is 42.6 Å². The van der Waals surface area contributed by atoms with E-state index in [1.54, 1.807) is 19.4 Å². The number of pyridine rings is 1. The Morgan fingerprint density at radius 2 is 2.18 bits per heavy atom. The number of nitriles is 1. The largest absolute Gasteiger partial charge is 0.496 e. The van der Waals surface area contributed by atoms with E-state index in [4.69, 9.17) is 4.74 Å². The second-order valence-electron chi connectivity index (χ2n) is 9.28. The van der Waals surface area contributed by atoms with Gasteiger partial charge in [-0.2, -0.15) is 5.26 Å². The Morgan fingerprint density at radius 3 is 2.94 bits per heavy atom. The molecule has 2 heterocycles. The van der Waals surface area contributed by atoms with Gasteiger partial charge in [0, 0.05) is 29.2 Å². The van der Waals surface area contributed by atoms with E-state index in [2.05, 4.69) is 26.7 Å². The quantitative estimate of drug-likeness (QED) is 0.504. The summed E-state index contributed by atoms with van der Waals surface area (Å²) in [6.07, 6.45) is 5.90. The van der Waals surface area contributed by atoms with Gasteiger partial charge in [0.05, 0.1) is 13.2 Å². The number of carbonyl (C=O) groups is 2. The maximum absolute atomic E-state index is 13.4. The molecular weight excluding hydrogens is 430 g/mol. The molecule has 1 saturated carbocycles. The van der Waals surface area contributed by atoms with Gasteiger partial charge in [0.1, 0.15) is 23.0 Å². The zero-order valence-electron chi connectivity index (χ0n) is 19.1. The first kappa shape index (κ1) is 22.0. The first-order chi connectivity index (χ1) is 16.5. The van der Waals surface area contributed by atoms with Crippen LogP contribution in [-0.2, 0) is 17.6 Å². The number of rotatable bonds is 7. The number of hydrogen-bond donors (Lipinski definition) is 3. The van der Waals surface area contributed by atoms with E-state index >= 15 is 0 Å². The van der Waals surface area contributed by atoms with Crippen molar-refractivity contribution in [2.24, 2.45) is 5.92 Å². The van der Waals surface area contributed by atoms with Crippen LogP contribution >= 0.6 is 0 Å². The summed E-state index contributed by atoms with van der Waals surface area (Å²) in [6.45, 7) is 0. The molecule has 3 aromatic rings. The number of H-pyrrole nitrogens is 1. The summed E-state index contributed by atoms with van der Waals surface area (Å²) in [5.74, 6) is 0.392. The van der Waals surface area contributed by atoms with Crippen LogP contribution in [0.3, 0.4) is 0 Å². The first-order valence-electron chi connectivity index (χ1n) is 11.6. The average Bonchev–Trinajstić information content (AvgIpc) is 3.57. The lowest BCUT2D eigenvalue weighted by Gasteiger charge is -2.33. The van der Waals surface area contributed by atoms with Crippen LogP contribution in [0.4, 0.5) is 0 Å². The van der Waals surface area contributed by atoms with Crippen LogP contribution in [0.1, 0.15) is 47.4 Å². The van der Waals surface area contributed by atoms with E-state index < -0.39 is 11.6 Å². The zero-order chi connectivity index (χ0) is 23.7. The number of methoxy groups -OCH3 is 1. The number of aromatic amines is 1. The number of hydrogen-bond acceptors (Lipinski definition) is 5. The fourth-order valence-corrected chi connectivity index (χ4v) is 4.72. The summed E-state index contributed by atoms with van der Waals surface area (Å²) in [4.78, 5) is 34.0. The topological polar surface area (TPSA) is 120 Å². The Balaban J connectivity index is 1.34. The van der Waals surface area contributed by atoms with Crippen molar-refractivity contribution in [3.05, 3.63) is 59.5 Å². The van der Waals surface area contributed by atoms with Gasteiger partial charge < -0.3 is 20.4 Å². The lowest BCUT2D eigenvalue weighted by Crippen LogP contribution is -2.57. The molecule has 0 spiro atoms. The molecule has 8 heteroatoms. The Bertz CT molecular complexity index is 1290. The van der Waals surface area contributed by atoms with E-state index in [0.717, 1.165) is 35.0 Å². The summed E-state index contributed by atoms with van der Waals surface area (Å²) in [7, 11) is 1.59. The number of carbonyl (C=O) groups excluding carboxylic acids is 2. The van der Waals surface area contributed by atoms with Crippen molar-refractivity contribution in [2.75, 3.05) is 7.11 Å². The molecule has 1 aromatic carbocycles. The first-order valence-corrected chi connectivity index (χ1v) is 11.6. The van der Waals surface area contributed by atoms with Gasteiger partial charge in [-0.1, -0.05) is 25.0 Å². The molecule has 0 bridgehead atoms. The van der Waals surface area contributed by atoms with Gasteiger partial charge in [0.25, 0.3) is 5.91 Å². The molecular formula is C26H27N5O3. The van der Waals surface area contributed by atoms with E-state index in [1.807, 2.05) is 30.3 Å². The van der Waals surface area contributed by atoms with Crippen LogP contribution in [0.5, 0.6) is 5.75 Å². The monoisotopic (exact) mass is 457 g/mol. The Hall–Kier alpha value is -3.86. The highest BCUT2D eigenvalue weighted by Gasteiger charge is 2.40. The number of fused-ring (bicyclic) bond motifs is 2. The van der Waals surface area contributed by atoms with Crippen molar-refractivity contribution in [3.63, 3.8) is 0 Å². The molecule has 5 rings (SSSR count).